The third-order valence-electron chi connectivity index (χ3n) is 1.31. The van der Waals surface area contributed by atoms with Gasteiger partial charge >= 0.3 is 66.6 Å². The first-order valence-corrected chi connectivity index (χ1v) is 5.79. The zero-order valence-electron chi connectivity index (χ0n) is 6.20. The summed E-state index contributed by atoms with van der Waals surface area (Å²) in [4.78, 5) is 10.7. The van der Waals surface area contributed by atoms with Crippen molar-refractivity contribution in [2.45, 2.75) is 30.0 Å². The van der Waals surface area contributed by atoms with E-state index in [2.05, 4.69) is 5.82 Å². The van der Waals surface area contributed by atoms with Gasteiger partial charge in [0.1, 0.15) is 0 Å². The molecule has 2 atom stereocenters. The molecule has 0 heterocycles. The van der Waals surface area contributed by atoms with E-state index in [9.17, 15) is 4.79 Å². The molecule has 0 aliphatic carbocycles. The van der Waals surface area contributed by atoms with E-state index in [1.54, 1.807) is 0 Å². The van der Waals surface area contributed by atoms with E-state index < -0.39 is 12.0 Å². The monoisotopic (exact) mass is 211 g/mol. The molecule has 0 aromatic carbocycles. The van der Waals surface area contributed by atoms with Crippen molar-refractivity contribution in [1.82, 2.24) is 0 Å². The van der Waals surface area contributed by atoms with E-state index in [-0.39, 0.29) is 0 Å². The average Bonchev–Trinajstić information content (AvgIpc) is 1.87. The number of carboxylic acid groups (broad SMARTS) is 1. The molecule has 0 amide bonds. The van der Waals surface area contributed by atoms with Crippen LogP contribution in [0.3, 0.4) is 0 Å². The zero-order chi connectivity index (χ0) is 8.15. The van der Waals surface area contributed by atoms with Crippen molar-refractivity contribution in [3.05, 3.63) is 0 Å². The number of nitrogens with two attached hydrogens (primary N) is 1. The third-order valence-corrected chi connectivity index (χ3v) is 3.40. The molecule has 3 N–H and O–H groups in total. The van der Waals surface area contributed by atoms with Crippen LogP contribution in [0.1, 0.15) is 13.3 Å². The van der Waals surface area contributed by atoms with Crippen LogP contribution in [-0.2, 0) is 4.79 Å². The van der Waals surface area contributed by atoms with Crippen LogP contribution in [0.4, 0.5) is 0 Å². The normalized spacial score (nSPS) is 16.3. The van der Waals surface area contributed by atoms with Gasteiger partial charge < -0.3 is 0 Å². The summed E-state index contributed by atoms with van der Waals surface area (Å²) < 4.78 is 0. The van der Waals surface area contributed by atoms with Crippen LogP contribution >= 0.6 is 0 Å². The molecule has 0 spiro atoms. The molecule has 0 bridgehead atoms. The summed E-state index contributed by atoms with van der Waals surface area (Å²) in [5, 5.41) is 8.41. The van der Waals surface area contributed by atoms with Gasteiger partial charge in [-0.1, -0.05) is 0 Å². The molecule has 0 saturated heterocycles. The van der Waals surface area contributed by atoms with Gasteiger partial charge in [-0.25, -0.2) is 0 Å². The van der Waals surface area contributed by atoms with Gasteiger partial charge in [-0.2, -0.15) is 0 Å². The second-order valence-electron chi connectivity index (χ2n) is 2.23. The van der Waals surface area contributed by atoms with Crippen molar-refractivity contribution in [2.75, 3.05) is 0 Å². The molecule has 3 nitrogen and oxygen atoms in total. The first-order chi connectivity index (χ1) is 4.57. The molecule has 0 aliphatic rings. The molecule has 0 rings (SSSR count). The van der Waals surface area contributed by atoms with Crippen molar-refractivity contribution in [2.24, 2.45) is 5.73 Å². The SMILES string of the molecule is C[Se]C(C)C[C@H](N)C(=O)O. The Balaban J connectivity index is 3.56. The van der Waals surface area contributed by atoms with Crippen LogP contribution in [0.15, 0.2) is 0 Å². The topological polar surface area (TPSA) is 63.3 Å². The number of rotatable bonds is 4. The van der Waals surface area contributed by atoms with Crippen LogP contribution in [-0.4, -0.2) is 32.1 Å². The molecular formula is C6H13NO2Se. The minimum absolute atomic E-state index is 0.471. The van der Waals surface area contributed by atoms with Crippen molar-refractivity contribution < 1.29 is 9.90 Å². The quantitative estimate of drug-likeness (QED) is 0.658. The number of hydrogen-bond donors (Lipinski definition) is 2. The molecule has 0 saturated carbocycles. The number of aliphatic carboxylic acids is 1. The summed E-state index contributed by atoms with van der Waals surface area (Å²) in [5.74, 6) is 1.20. The van der Waals surface area contributed by atoms with Crippen molar-refractivity contribution >= 4 is 20.9 Å². The molecule has 10 heavy (non-hydrogen) atoms. The van der Waals surface area contributed by atoms with E-state index in [1.807, 2.05) is 6.92 Å². The molecular weight excluding hydrogens is 197 g/mol. The Morgan fingerprint density at radius 3 is 2.60 bits per heavy atom. The molecule has 0 radical (unpaired) electrons. The van der Waals surface area contributed by atoms with Gasteiger partial charge in [-0.05, 0) is 0 Å². The summed E-state index contributed by atoms with van der Waals surface area (Å²) >= 11 is 0.507. The minimum atomic E-state index is -0.892. The Hall–Kier alpha value is -0.0505. The van der Waals surface area contributed by atoms with Gasteiger partial charge in [0.15, 0.2) is 0 Å². The zero-order valence-corrected chi connectivity index (χ0v) is 7.92. The molecule has 1 unspecified atom stereocenters. The Labute approximate surface area is 67.1 Å². The summed E-state index contributed by atoms with van der Waals surface area (Å²) in [6.07, 6.45) is 0.603. The molecule has 60 valence electrons. The van der Waals surface area contributed by atoms with E-state index in [0.29, 0.717) is 26.2 Å². The van der Waals surface area contributed by atoms with E-state index >= 15 is 0 Å². The predicted octanol–water partition coefficient (Wildman–Crippen LogP) is 0.349. The fraction of sp³-hybridized carbons (Fsp3) is 0.833. The van der Waals surface area contributed by atoms with Crippen molar-refractivity contribution in [3.8, 4) is 0 Å². The second kappa shape index (κ2) is 4.72. The van der Waals surface area contributed by atoms with Gasteiger partial charge in [0.25, 0.3) is 0 Å². The van der Waals surface area contributed by atoms with Crippen LogP contribution < -0.4 is 5.73 Å². The maximum atomic E-state index is 10.2. The second-order valence-corrected chi connectivity index (χ2v) is 4.90. The first-order valence-electron chi connectivity index (χ1n) is 3.09. The van der Waals surface area contributed by atoms with Gasteiger partial charge in [0.05, 0.1) is 0 Å². The van der Waals surface area contributed by atoms with E-state index in [1.165, 1.54) is 0 Å². The fourth-order valence-electron chi connectivity index (χ4n) is 0.555. The average molecular weight is 210 g/mol. The Bertz CT molecular complexity index is 118. The van der Waals surface area contributed by atoms with Crippen LogP contribution in [0.2, 0.25) is 10.6 Å². The van der Waals surface area contributed by atoms with Gasteiger partial charge in [-0.15, -0.1) is 0 Å². The van der Waals surface area contributed by atoms with Crippen LogP contribution in [0.25, 0.3) is 0 Å². The number of carbonyl (C=O) groups is 1. The maximum absolute atomic E-state index is 10.2. The van der Waals surface area contributed by atoms with Crippen LogP contribution in [0.5, 0.6) is 0 Å². The molecule has 0 fully saturated rings. The molecule has 0 aromatic heterocycles. The summed E-state index contributed by atoms with van der Waals surface area (Å²) in [6, 6.07) is -0.670. The van der Waals surface area contributed by atoms with E-state index in [4.69, 9.17) is 10.8 Å². The standard InChI is InChI=1S/C6H13NO2Se/c1-4(10-2)3-5(7)6(8)9/h4-5H,3,7H2,1-2H3,(H,8,9)/t4?,5-/m0/s1. The number of hydrogen-bond acceptors (Lipinski definition) is 2. The summed E-state index contributed by atoms with van der Waals surface area (Å²) in [6.45, 7) is 2.03. The third kappa shape index (κ3) is 3.88. The predicted molar refractivity (Wildman–Crippen MR) is 41.3 cm³/mol. The van der Waals surface area contributed by atoms with Crippen LogP contribution in [0, 0.1) is 0 Å². The van der Waals surface area contributed by atoms with E-state index in [0.717, 1.165) is 0 Å². The number of carboxylic acids is 1. The first kappa shape index (κ1) is 9.95. The Morgan fingerprint density at radius 2 is 2.30 bits per heavy atom. The van der Waals surface area contributed by atoms with Gasteiger partial charge in [-0.3, -0.25) is 0 Å². The Morgan fingerprint density at radius 1 is 1.80 bits per heavy atom. The van der Waals surface area contributed by atoms with Gasteiger partial charge in [0.2, 0.25) is 0 Å². The molecule has 0 aliphatic heterocycles. The van der Waals surface area contributed by atoms with Gasteiger partial charge in [0, 0.05) is 0 Å². The summed E-state index contributed by atoms with van der Waals surface area (Å²) in [7, 11) is 0. The summed E-state index contributed by atoms with van der Waals surface area (Å²) in [5.41, 5.74) is 5.30. The fourth-order valence-corrected chi connectivity index (χ4v) is 1.39. The van der Waals surface area contributed by atoms with Crippen molar-refractivity contribution in [3.63, 3.8) is 0 Å². The Kier molecular flexibility index (Phi) is 4.69. The molecule has 0 aromatic rings. The molecule has 4 heteroatoms. The van der Waals surface area contributed by atoms with Crippen molar-refractivity contribution in [1.29, 1.82) is 0 Å².